The molecule has 0 saturated carbocycles. The van der Waals surface area contributed by atoms with Crippen LogP contribution in [0.1, 0.15) is 65.2 Å². The van der Waals surface area contributed by atoms with Gasteiger partial charge in [0.1, 0.15) is 6.20 Å². The van der Waals surface area contributed by atoms with Crippen LogP contribution in [0, 0.1) is 0 Å². The van der Waals surface area contributed by atoms with E-state index >= 15 is 0 Å². The van der Waals surface area contributed by atoms with Crippen molar-refractivity contribution in [1.82, 2.24) is 4.98 Å². The van der Waals surface area contributed by atoms with Crippen molar-refractivity contribution >= 4 is 17.8 Å². The molecule has 0 bridgehead atoms. The maximum absolute atomic E-state index is 11.8. The van der Waals surface area contributed by atoms with Crippen molar-refractivity contribution in [3.05, 3.63) is 12.4 Å². The molecule has 0 aliphatic heterocycles. The van der Waals surface area contributed by atoms with Crippen LogP contribution in [0.2, 0.25) is 0 Å². The Labute approximate surface area is 126 Å². The van der Waals surface area contributed by atoms with E-state index in [0.717, 1.165) is 38.5 Å². The minimum Gasteiger partial charge on any atom is -0.272 e. The van der Waals surface area contributed by atoms with E-state index in [0.29, 0.717) is 18.8 Å². The molecule has 1 heterocycles. The second-order valence-corrected chi connectivity index (χ2v) is 5.18. The van der Waals surface area contributed by atoms with Crippen LogP contribution in [0.3, 0.4) is 0 Å². The van der Waals surface area contributed by atoms with Gasteiger partial charge in [-0.2, -0.15) is 0 Å². The van der Waals surface area contributed by atoms with Crippen molar-refractivity contribution < 1.29 is 14.3 Å². The Hall–Kier alpha value is -1.85. The number of H-pyrrole nitrogens is 1. The zero-order chi connectivity index (χ0) is 15.5. The molecular weight excluding hydrogens is 268 g/mol. The molecule has 6 heteroatoms. The number of nitrogens with one attached hydrogen (secondary N) is 3. The highest BCUT2D eigenvalue weighted by Crippen LogP contribution is 2.02. The molecule has 2 amide bonds. The number of carbonyl (C=O) groups is 2. The van der Waals surface area contributed by atoms with E-state index in [1.807, 2.05) is 0 Å². The van der Waals surface area contributed by atoms with Crippen LogP contribution in [-0.4, -0.2) is 16.8 Å². The molecule has 0 saturated heterocycles. The largest absolute Gasteiger partial charge is 0.384 e. The SMILES string of the molecule is CCCCCC(=O)Nc1[nH]cc[n+]1NC(=O)CCCCC. The fourth-order valence-corrected chi connectivity index (χ4v) is 1.98. The first-order valence-corrected chi connectivity index (χ1v) is 7.86. The zero-order valence-electron chi connectivity index (χ0n) is 13.1. The summed E-state index contributed by atoms with van der Waals surface area (Å²) in [6.07, 6.45) is 10.4. The van der Waals surface area contributed by atoms with Gasteiger partial charge in [-0.3, -0.25) is 9.59 Å². The van der Waals surface area contributed by atoms with E-state index < -0.39 is 0 Å². The molecule has 1 aromatic heterocycles. The molecule has 0 atom stereocenters. The number of aromatic nitrogens is 2. The van der Waals surface area contributed by atoms with Gasteiger partial charge in [0.15, 0.2) is 0 Å². The number of rotatable bonds is 10. The van der Waals surface area contributed by atoms with Crippen LogP contribution in [0.5, 0.6) is 0 Å². The van der Waals surface area contributed by atoms with Crippen LogP contribution < -0.4 is 15.4 Å². The highest BCUT2D eigenvalue weighted by Gasteiger charge is 2.16. The van der Waals surface area contributed by atoms with Crippen LogP contribution in [0.25, 0.3) is 0 Å². The first-order chi connectivity index (χ1) is 10.2. The summed E-state index contributed by atoms with van der Waals surface area (Å²) < 4.78 is 1.52. The van der Waals surface area contributed by atoms with Gasteiger partial charge in [-0.25, -0.2) is 15.7 Å². The maximum atomic E-state index is 11.8. The lowest BCUT2D eigenvalue weighted by Gasteiger charge is -2.04. The topological polar surface area (TPSA) is 77.9 Å². The maximum Gasteiger partial charge on any atom is 0.384 e. The number of carbonyl (C=O) groups excluding carboxylic acids is 2. The van der Waals surface area contributed by atoms with Gasteiger partial charge in [0.05, 0.1) is 6.20 Å². The zero-order valence-corrected chi connectivity index (χ0v) is 13.1. The van der Waals surface area contributed by atoms with Gasteiger partial charge in [-0.1, -0.05) is 39.5 Å². The Morgan fingerprint density at radius 2 is 1.67 bits per heavy atom. The highest BCUT2D eigenvalue weighted by atomic mass is 16.2. The van der Waals surface area contributed by atoms with E-state index in [1.54, 1.807) is 12.4 Å². The van der Waals surface area contributed by atoms with Crippen LogP contribution in [0.15, 0.2) is 12.4 Å². The Bertz CT molecular complexity index is 404. The number of nitrogens with zero attached hydrogens (tertiary/aromatic N) is 1. The van der Waals surface area contributed by atoms with Gasteiger partial charge < -0.3 is 0 Å². The Kier molecular flexibility index (Phi) is 8.16. The molecule has 0 fully saturated rings. The van der Waals surface area contributed by atoms with Gasteiger partial charge in [0, 0.05) is 12.8 Å². The molecule has 0 aliphatic rings. The molecule has 3 N–H and O–H groups in total. The standard InChI is InChI=1S/C15H26N4O2/c1-3-5-7-9-13(20)17-15-16-11-12-19(15)18-14(21)10-8-6-4-2/h11-12H,3-10H2,1-2H3,(H2,16,17,18,20,21)/p+1. The number of hydrogen-bond donors (Lipinski definition) is 3. The van der Waals surface area contributed by atoms with Crippen LogP contribution >= 0.6 is 0 Å². The Balaban J connectivity index is 2.41. The summed E-state index contributed by atoms with van der Waals surface area (Å²) in [5, 5.41) is 2.78. The predicted octanol–water partition coefficient (Wildman–Crippen LogP) is 2.47. The quantitative estimate of drug-likeness (QED) is 0.458. The van der Waals surface area contributed by atoms with Crippen molar-refractivity contribution in [2.75, 3.05) is 10.7 Å². The third-order valence-corrected chi connectivity index (χ3v) is 3.20. The molecule has 1 aromatic rings. The molecular formula is C15H27N4O2+. The average Bonchev–Trinajstić information content (AvgIpc) is 2.86. The number of amides is 2. The summed E-state index contributed by atoms with van der Waals surface area (Å²) in [7, 11) is 0. The fourth-order valence-electron chi connectivity index (χ4n) is 1.98. The number of imidazole rings is 1. The molecule has 21 heavy (non-hydrogen) atoms. The van der Waals surface area contributed by atoms with E-state index in [1.165, 1.54) is 4.68 Å². The Morgan fingerprint density at radius 3 is 2.29 bits per heavy atom. The second kappa shape index (κ2) is 9.96. The third kappa shape index (κ3) is 6.92. The lowest BCUT2D eigenvalue weighted by molar-refractivity contribution is -0.625. The van der Waals surface area contributed by atoms with Gasteiger partial charge in [0.2, 0.25) is 5.91 Å². The van der Waals surface area contributed by atoms with Crippen molar-refractivity contribution in [3.8, 4) is 0 Å². The highest BCUT2D eigenvalue weighted by molar-refractivity contribution is 5.88. The fraction of sp³-hybridized carbons (Fsp3) is 0.667. The molecule has 0 spiro atoms. The molecule has 118 valence electrons. The van der Waals surface area contributed by atoms with Crippen molar-refractivity contribution in [1.29, 1.82) is 0 Å². The van der Waals surface area contributed by atoms with Crippen LogP contribution in [-0.2, 0) is 9.59 Å². The monoisotopic (exact) mass is 295 g/mol. The number of aromatic amines is 1. The van der Waals surface area contributed by atoms with E-state index in [4.69, 9.17) is 0 Å². The van der Waals surface area contributed by atoms with E-state index in [9.17, 15) is 9.59 Å². The van der Waals surface area contributed by atoms with E-state index in [2.05, 4.69) is 29.6 Å². The van der Waals surface area contributed by atoms with Gasteiger partial charge in [-0.15, -0.1) is 4.68 Å². The minimum absolute atomic E-state index is 0.0418. The summed E-state index contributed by atoms with van der Waals surface area (Å²) >= 11 is 0. The first kappa shape index (κ1) is 17.2. The van der Waals surface area contributed by atoms with Gasteiger partial charge in [0.25, 0.3) is 5.91 Å². The third-order valence-electron chi connectivity index (χ3n) is 3.20. The number of hydrogen-bond acceptors (Lipinski definition) is 2. The normalized spacial score (nSPS) is 10.4. The summed E-state index contributed by atoms with van der Waals surface area (Å²) in [5.74, 6) is 0.398. The summed E-state index contributed by atoms with van der Waals surface area (Å²) in [5.41, 5.74) is 2.75. The second-order valence-electron chi connectivity index (χ2n) is 5.18. The van der Waals surface area contributed by atoms with Crippen LogP contribution in [0.4, 0.5) is 5.95 Å². The lowest BCUT2D eigenvalue weighted by Crippen LogP contribution is -2.49. The van der Waals surface area contributed by atoms with Crippen molar-refractivity contribution in [2.45, 2.75) is 65.2 Å². The van der Waals surface area contributed by atoms with Crippen molar-refractivity contribution in [3.63, 3.8) is 0 Å². The summed E-state index contributed by atoms with van der Waals surface area (Å²) in [4.78, 5) is 26.5. The molecule has 0 unspecified atom stereocenters. The molecule has 0 radical (unpaired) electrons. The summed E-state index contributed by atoms with van der Waals surface area (Å²) in [6.45, 7) is 4.20. The minimum atomic E-state index is -0.0467. The number of unbranched alkanes of at least 4 members (excludes halogenated alkanes) is 4. The molecule has 0 aliphatic carbocycles. The van der Waals surface area contributed by atoms with E-state index in [-0.39, 0.29) is 11.8 Å². The lowest BCUT2D eigenvalue weighted by atomic mass is 10.2. The predicted molar refractivity (Wildman–Crippen MR) is 82.3 cm³/mol. The van der Waals surface area contributed by atoms with Gasteiger partial charge in [-0.05, 0) is 12.8 Å². The number of anilines is 1. The van der Waals surface area contributed by atoms with Gasteiger partial charge >= 0.3 is 5.95 Å². The molecule has 6 nitrogen and oxygen atoms in total. The summed E-state index contributed by atoms with van der Waals surface area (Å²) in [6, 6.07) is 0. The Morgan fingerprint density at radius 1 is 1.05 bits per heavy atom. The first-order valence-electron chi connectivity index (χ1n) is 7.86. The smallest absolute Gasteiger partial charge is 0.272 e. The average molecular weight is 295 g/mol. The molecule has 1 rings (SSSR count). The van der Waals surface area contributed by atoms with Crippen molar-refractivity contribution in [2.24, 2.45) is 0 Å². The molecule has 0 aromatic carbocycles.